The van der Waals surface area contributed by atoms with Crippen LogP contribution in [0.25, 0.3) is 5.69 Å². The lowest BCUT2D eigenvalue weighted by atomic mass is 10.1. The maximum Gasteiger partial charge on any atom is 0.330 e. The number of hydrogen-bond acceptors (Lipinski definition) is 8. The van der Waals surface area contributed by atoms with Crippen LogP contribution < -0.4 is 11.2 Å². The van der Waals surface area contributed by atoms with Gasteiger partial charge in [0.05, 0.1) is 24.2 Å². The minimum atomic E-state index is -1.44. The third kappa shape index (κ3) is 3.63. The Morgan fingerprint density at radius 3 is 2.55 bits per heavy atom. The number of ether oxygens (including phenoxy) is 1. The summed E-state index contributed by atoms with van der Waals surface area (Å²) in [5, 5.41) is 37.4. The van der Waals surface area contributed by atoms with Crippen LogP contribution in [0.3, 0.4) is 0 Å². The second-order valence-electron chi connectivity index (χ2n) is 6.72. The number of aromatic amines is 1. The molecule has 0 bridgehead atoms. The zero-order valence-electron chi connectivity index (χ0n) is 15.1. The molecule has 1 aliphatic heterocycles. The predicted octanol–water partition coefficient (Wildman–Crippen LogP) is -1.68. The van der Waals surface area contributed by atoms with Crippen molar-refractivity contribution in [2.45, 2.75) is 31.0 Å². The Bertz CT molecular complexity index is 1110. The molecule has 11 heteroatoms. The average Bonchev–Trinajstić information content (AvgIpc) is 3.30. The SMILES string of the molecule is O=c1[nH]c(=O)n([C@@H]2O[C@H](CO)C(O)[C@@H]2O)cc1Cc1cn(-c2ccccc2)nn1. The molecule has 1 unspecified atom stereocenters. The third-order valence-electron chi connectivity index (χ3n) is 4.77. The second-order valence-corrected chi connectivity index (χ2v) is 6.72. The summed E-state index contributed by atoms with van der Waals surface area (Å²) in [4.78, 5) is 26.6. The number of benzene rings is 1. The molecule has 0 aliphatic carbocycles. The minimum absolute atomic E-state index is 0.0806. The van der Waals surface area contributed by atoms with Crippen molar-refractivity contribution in [3.63, 3.8) is 0 Å². The number of rotatable bonds is 5. The lowest BCUT2D eigenvalue weighted by Crippen LogP contribution is -2.39. The number of nitrogens with zero attached hydrogens (tertiary/aromatic N) is 4. The number of hydrogen-bond donors (Lipinski definition) is 4. The van der Waals surface area contributed by atoms with Crippen molar-refractivity contribution in [1.29, 1.82) is 0 Å². The second kappa shape index (κ2) is 7.72. The van der Waals surface area contributed by atoms with Crippen molar-refractivity contribution in [1.82, 2.24) is 24.5 Å². The number of para-hydroxylation sites is 1. The van der Waals surface area contributed by atoms with Gasteiger partial charge >= 0.3 is 5.69 Å². The summed E-state index contributed by atoms with van der Waals surface area (Å²) < 4.78 is 7.92. The van der Waals surface area contributed by atoms with Crippen LogP contribution in [0.1, 0.15) is 17.5 Å². The third-order valence-corrected chi connectivity index (χ3v) is 4.77. The van der Waals surface area contributed by atoms with Crippen LogP contribution in [-0.4, -0.2) is 64.8 Å². The zero-order chi connectivity index (χ0) is 20.5. The first-order valence-corrected chi connectivity index (χ1v) is 8.91. The van der Waals surface area contributed by atoms with Crippen molar-refractivity contribution in [3.8, 4) is 5.69 Å². The highest BCUT2D eigenvalue weighted by atomic mass is 16.6. The van der Waals surface area contributed by atoms with Gasteiger partial charge in [0.25, 0.3) is 5.56 Å². The number of H-pyrrole nitrogens is 1. The first kappa shape index (κ1) is 19.2. The van der Waals surface area contributed by atoms with Crippen molar-refractivity contribution >= 4 is 0 Å². The molecule has 4 atom stereocenters. The fourth-order valence-corrected chi connectivity index (χ4v) is 3.23. The summed E-state index contributed by atoms with van der Waals surface area (Å²) in [5.74, 6) is 0. The maximum atomic E-state index is 12.2. The maximum absolute atomic E-state index is 12.2. The van der Waals surface area contributed by atoms with E-state index >= 15 is 0 Å². The lowest BCUT2D eigenvalue weighted by Gasteiger charge is -2.17. The fraction of sp³-hybridized carbons (Fsp3) is 0.333. The smallest absolute Gasteiger partial charge is 0.330 e. The van der Waals surface area contributed by atoms with Crippen LogP contribution in [0, 0.1) is 0 Å². The number of aliphatic hydroxyl groups excluding tert-OH is 3. The van der Waals surface area contributed by atoms with Gasteiger partial charge in [-0.3, -0.25) is 14.3 Å². The largest absolute Gasteiger partial charge is 0.394 e. The highest BCUT2D eigenvalue weighted by Gasteiger charge is 2.43. The van der Waals surface area contributed by atoms with Crippen LogP contribution in [0.15, 0.2) is 52.3 Å². The van der Waals surface area contributed by atoms with Gasteiger partial charge in [-0.1, -0.05) is 23.4 Å². The Morgan fingerprint density at radius 2 is 1.86 bits per heavy atom. The van der Waals surface area contributed by atoms with E-state index in [-0.39, 0.29) is 12.0 Å². The number of aromatic nitrogens is 5. The lowest BCUT2D eigenvalue weighted by molar-refractivity contribution is -0.0551. The monoisotopic (exact) mass is 401 g/mol. The summed E-state index contributed by atoms with van der Waals surface area (Å²) >= 11 is 0. The van der Waals surface area contributed by atoms with Gasteiger partial charge in [-0.05, 0) is 12.1 Å². The van der Waals surface area contributed by atoms with Crippen LogP contribution in [0.4, 0.5) is 0 Å². The molecule has 1 aromatic carbocycles. The molecule has 1 fully saturated rings. The molecular formula is C18H19N5O6. The number of aliphatic hydroxyl groups is 3. The van der Waals surface area contributed by atoms with Crippen molar-refractivity contribution in [2.75, 3.05) is 6.61 Å². The van der Waals surface area contributed by atoms with Crippen molar-refractivity contribution in [2.24, 2.45) is 0 Å². The highest BCUT2D eigenvalue weighted by Crippen LogP contribution is 2.28. The molecule has 4 rings (SSSR count). The molecule has 3 heterocycles. The van der Waals surface area contributed by atoms with Crippen LogP contribution >= 0.6 is 0 Å². The van der Waals surface area contributed by atoms with Gasteiger partial charge < -0.3 is 20.1 Å². The first-order valence-electron chi connectivity index (χ1n) is 8.91. The topological polar surface area (TPSA) is 155 Å². The average molecular weight is 401 g/mol. The van der Waals surface area contributed by atoms with Gasteiger partial charge in [0, 0.05) is 18.2 Å². The Hall–Kier alpha value is -3.12. The molecule has 0 radical (unpaired) electrons. The predicted molar refractivity (Wildman–Crippen MR) is 98.5 cm³/mol. The van der Waals surface area contributed by atoms with Gasteiger partial charge in [-0.25, -0.2) is 9.48 Å². The summed E-state index contributed by atoms with van der Waals surface area (Å²) in [6, 6.07) is 9.30. The van der Waals surface area contributed by atoms with Gasteiger partial charge in [0.15, 0.2) is 6.23 Å². The molecule has 0 saturated carbocycles. The molecule has 4 N–H and O–H groups in total. The summed E-state index contributed by atoms with van der Waals surface area (Å²) in [6.45, 7) is -0.526. The van der Waals surface area contributed by atoms with Gasteiger partial charge in [0.2, 0.25) is 0 Å². The van der Waals surface area contributed by atoms with Gasteiger partial charge in [0.1, 0.15) is 18.3 Å². The van der Waals surface area contributed by atoms with Gasteiger partial charge in [-0.15, -0.1) is 5.10 Å². The molecule has 1 saturated heterocycles. The highest BCUT2D eigenvalue weighted by molar-refractivity contribution is 5.30. The van der Waals surface area contributed by atoms with Crippen LogP contribution in [0.5, 0.6) is 0 Å². The van der Waals surface area contributed by atoms with E-state index in [4.69, 9.17) is 4.74 Å². The quantitative estimate of drug-likeness (QED) is 0.395. The van der Waals surface area contributed by atoms with E-state index in [1.807, 2.05) is 30.3 Å². The normalized spacial score (nSPS) is 24.1. The molecule has 152 valence electrons. The molecule has 29 heavy (non-hydrogen) atoms. The van der Waals surface area contributed by atoms with E-state index in [0.717, 1.165) is 10.3 Å². The van der Waals surface area contributed by atoms with E-state index in [0.29, 0.717) is 5.69 Å². The molecule has 0 amide bonds. The van der Waals surface area contributed by atoms with E-state index in [1.165, 1.54) is 6.20 Å². The summed E-state index contributed by atoms with van der Waals surface area (Å²) in [7, 11) is 0. The van der Waals surface area contributed by atoms with E-state index in [1.54, 1.807) is 10.9 Å². The number of nitrogens with one attached hydrogen (secondary N) is 1. The van der Waals surface area contributed by atoms with Gasteiger partial charge in [-0.2, -0.15) is 0 Å². The Kier molecular flexibility index (Phi) is 5.11. The fourth-order valence-electron chi connectivity index (χ4n) is 3.23. The molecular weight excluding hydrogens is 382 g/mol. The van der Waals surface area contributed by atoms with Crippen LogP contribution in [0.2, 0.25) is 0 Å². The zero-order valence-corrected chi connectivity index (χ0v) is 15.1. The Balaban J connectivity index is 1.63. The van der Waals surface area contributed by atoms with Crippen molar-refractivity contribution < 1.29 is 20.1 Å². The molecule has 11 nitrogen and oxygen atoms in total. The van der Waals surface area contributed by atoms with E-state index in [2.05, 4.69) is 15.3 Å². The first-order chi connectivity index (χ1) is 14.0. The van der Waals surface area contributed by atoms with Crippen molar-refractivity contribution in [3.05, 3.63) is 74.8 Å². The van der Waals surface area contributed by atoms with E-state index < -0.39 is 42.4 Å². The molecule has 3 aromatic rings. The summed E-state index contributed by atoms with van der Waals surface area (Å²) in [5.41, 5.74) is 0.0820. The molecule has 1 aliphatic rings. The summed E-state index contributed by atoms with van der Waals surface area (Å²) in [6.07, 6.45) is -2.09. The standard InChI is InChI=1S/C18H19N5O6/c24-9-13-14(25)15(26)17(29-13)22-7-10(16(27)19-18(22)28)6-11-8-23(21-20-11)12-4-2-1-3-5-12/h1-5,7-8,13-15,17,24-26H,6,9H2,(H,19,27,28)/t13-,14?,15+,17-/m1/s1. The molecule has 0 spiro atoms. The van der Waals surface area contributed by atoms with E-state index in [9.17, 15) is 24.9 Å². The minimum Gasteiger partial charge on any atom is -0.394 e. The van der Waals surface area contributed by atoms with Crippen LogP contribution in [-0.2, 0) is 11.2 Å². The Morgan fingerprint density at radius 1 is 1.10 bits per heavy atom. The Labute approximate surface area is 163 Å². The molecule has 2 aromatic heterocycles.